The summed E-state index contributed by atoms with van der Waals surface area (Å²) in [5, 5.41) is 3.30. The molecule has 98 valence electrons. The van der Waals surface area contributed by atoms with E-state index in [1.54, 1.807) is 7.11 Å². The van der Waals surface area contributed by atoms with Crippen LogP contribution in [0.3, 0.4) is 0 Å². The van der Waals surface area contributed by atoms with Crippen LogP contribution in [-0.2, 0) is 4.74 Å². The maximum absolute atomic E-state index is 5.22. The van der Waals surface area contributed by atoms with Crippen molar-refractivity contribution in [3.8, 4) is 0 Å². The highest BCUT2D eigenvalue weighted by atomic mass is 16.5. The smallest absolute Gasteiger partial charge is 0.0589 e. The Hall–Kier alpha value is -0.120. The first-order valence-corrected chi connectivity index (χ1v) is 6.64. The predicted molar refractivity (Wildman–Crippen MR) is 71.0 cm³/mol. The van der Waals surface area contributed by atoms with E-state index in [4.69, 9.17) is 4.74 Å². The number of ether oxygens (including phenoxy) is 1. The fraction of sp³-hybridized carbons (Fsp3) is 1.00. The standard InChI is InChI=1S/C13H30N2O/c1-6-12(7-2)15(9-10-16-5)13(8-3)11-14-4/h12-14H,6-11H2,1-5H3. The van der Waals surface area contributed by atoms with E-state index in [1.807, 2.05) is 7.05 Å². The maximum atomic E-state index is 5.22. The zero-order chi connectivity index (χ0) is 12.4. The Morgan fingerprint density at radius 1 is 1.06 bits per heavy atom. The molecule has 0 aromatic rings. The number of methoxy groups -OCH3 is 1. The highest BCUT2D eigenvalue weighted by Gasteiger charge is 2.22. The van der Waals surface area contributed by atoms with E-state index in [1.165, 1.54) is 19.3 Å². The Morgan fingerprint density at radius 3 is 2.00 bits per heavy atom. The molecule has 0 spiro atoms. The van der Waals surface area contributed by atoms with Crippen LogP contribution in [0, 0.1) is 0 Å². The third-order valence-corrected chi connectivity index (χ3v) is 3.35. The molecule has 0 saturated carbocycles. The Bertz CT molecular complexity index is 149. The summed E-state index contributed by atoms with van der Waals surface area (Å²) in [7, 11) is 3.81. The van der Waals surface area contributed by atoms with Crippen molar-refractivity contribution in [2.24, 2.45) is 0 Å². The first kappa shape index (κ1) is 15.9. The lowest BCUT2D eigenvalue weighted by atomic mass is 10.1. The van der Waals surface area contributed by atoms with Gasteiger partial charge in [0.05, 0.1) is 6.61 Å². The zero-order valence-corrected chi connectivity index (χ0v) is 11.8. The molecule has 3 nitrogen and oxygen atoms in total. The molecule has 0 amide bonds. The number of hydrogen-bond donors (Lipinski definition) is 1. The van der Waals surface area contributed by atoms with E-state index in [0.717, 1.165) is 19.7 Å². The Labute approximate surface area is 102 Å². The minimum absolute atomic E-state index is 0.630. The van der Waals surface area contributed by atoms with Crippen LogP contribution in [0.1, 0.15) is 40.0 Å². The summed E-state index contributed by atoms with van der Waals surface area (Å²) in [5.41, 5.74) is 0. The molecule has 0 radical (unpaired) electrons. The molecule has 0 saturated heterocycles. The molecule has 1 unspecified atom stereocenters. The van der Waals surface area contributed by atoms with E-state index in [0.29, 0.717) is 12.1 Å². The van der Waals surface area contributed by atoms with Gasteiger partial charge in [0.1, 0.15) is 0 Å². The number of likely N-dealkylation sites (N-methyl/N-ethyl adjacent to an activating group) is 1. The zero-order valence-electron chi connectivity index (χ0n) is 11.8. The molecule has 0 bridgehead atoms. The normalized spacial score (nSPS) is 13.7. The fourth-order valence-electron chi connectivity index (χ4n) is 2.35. The van der Waals surface area contributed by atoms with Crippen LogP contribution in [0.25, 0.3) is 0 Å². The third-order valence-electron chi connectivity index (χ3n) is 3.35. The Kier molecular flexibility index (Phi) is 9.99. The first-order valence-electron chi connectivity index (χ1n) is 6.64. The van der Waals surface area contributed by atoms with Gasteiger partial charge in [0.25, 0.3) is 0 Å². The van der Waals surface area contributed by atoms with Crippen molar-refractivity contribution in [3.05, 3.63) is 0 Å². The first-order chi connectivity index (χ1) is 7.74. The van der Waals surface area contributed by atoms with Crippen LogP contribution in [0.2, 0.25) is 0 Å². The summed E-state index contributed by atoms with van der Waals surface area (Å²) >= 11 is 0. The van der Waals surface area contributed by atoms with Gasteiger partial charge in [-0.1, -0.05) is 20.8 Å². The number of nitrogens with one attached hydrogen (secondary N) is 1. The molecule has 3 heteroatoms. The van der Waals surface area contributed by atoms with Crippen LogP contribution < -0.4 is 5.32 Å². The van der Waals surface area contributed by atoms with Crippen molar-refractivity contribution in [1.29, 1.82) is 0 Å². The van der Waals surface area contributed by atoms with Gasteiger partial charge in [0.2, 0.25) is 0 Å². The average Bonchev–Trinajstić information content (AvgIpc) is 2.32. The van der Waals surface area contributed by atoms with Crippen molar-refractivity contribution in [2.75, 3.05) is 33.9 Å². The lowest BCUT2D eigenvalue weighted by Gasteiger charge is -2.37. The molecule has 0 aliphatic carbocycles. The van der Waals surface area contributed by atoms with Crippen molar-refractivity contribution in [3.63, 3.8) is 0 Å². The van der Waals surface area contributed by atoms with Crippen LogP contribution >= 0.6 is 0 Å². The molecular formula is C13H30N2O. The van der Waals surface area contributed by atoms with E-state index in [-0.39, 0.29) is 0 Å². The van der Waals surface area contributed by atoms with Gasteiger partial charge in [-0.2, -0.15) is 0 Å². The van der Waals surface area contributed by atoms with E-state index in [9.17, 15) is 0 Å². The highest BCUT2D eigenvalue weighted by molar-refractivity contribution is 4.78. The summed E-state index contributed by atoms with van der Waals surface area (Å²) in [5.74, 6) is 0. The molecule has 0 rings (SSSR count). The summed E-state index contributed by atoms with van der Waals surface area (Å²) in [4.78, 5) is 2.61. The topological polar surface area (TPSA) is 24.5 Å². The monoisotopic (exact) mass is 230 g/mol. The van der Waals surface area contributed by atoms with Gasteiger partial charge in [0, 0.05) is 32.3 Å². The minimum Gasteiger partial charge on any atom is -0.383 e. The molecule has 1 N–H and O–H groups in total. The van der Waals surface area contributed by atoms with Gasteiger partial charge in [-0.3, -0.25) is 4.90 Å². The highest BCUT2D eigenvalue weighted by Crippen LogP contribution is 2.14. The van der Waals surface area contributed by atoms with E-state index < -0.39 is 0 Å². The molecular weight excluding hydrogens is 200 g/mol. The summed E-state index contributed by atoms with van der Waals surface area (Å²) in [6, 6.07) is 1.32. The van der Waals surface area contributed by atoms with E-state index >= 15 is 0 Å². The second-order valence-corrected chi connectivity index (χ2v) is 4.32. The second kappa shape index (κ2) is 10.1. The molecule has 0 aromatic carbocycles. The summed E-state index contributed by atoms with van der Waals surface area (Å²) in [6.07, 6.45) is 3.64. The average molecular weight is 230 g/mol. The molecule has 0 aliphatic rings. The number of hydrogen-bond acceptors (Lipinski definition) is 3. The predicted octanol–water partition coefficient (Wildman–Crippen LogP) is 2.12. The molecule has 0 heterocycles. The van der Waals surface area contributed by atoms with Gasteiger partial charge in [-0.05, 0) is 26.3 Å². The van der Waals surface area contributed by atoms with Crippen molar-refractivity contribution >= 4 is 0 Å². The molecule has 16 heavy (non-hydrogen) atoms. The van der Waals surface area contributed by atoms with Crippen molar-refractivity contribution in [2.45, 2.75) is 52.1 Å². The molecule has 0 aliphatic heterocycles. The fourth-order valence-corrected chi connectivity index (χ4v) is 2.35. The summed E-state index contributed by atoms with van der Waals surface area (Å²) < 4.78 is 5.22. The number of nitrogens with zero attached hydrogens (tertiary/aromatic N) is 1. The van der Waals surface area contributed by atoms with Gasteiger partial charge < -0.3 is 10.1 Å². The van der Waals surface area contributed by atoms with E-state index in [2.05, 4.69) is 31.0 Å². The van der Waals surface area contributed by atoms with Gasteiger partial charge in [-0.15, -0.1) is 0 Å². The quantitative estimate of drug-likeness (QED) is 0.622. The lowest BCUT2D eigenvalue weighted by molar-refractivity contribution is 0.0777. The second-order valence-electron chi connectivity index (χ2n) is 4.32. The van der Waals surface area contributed by atoms with Crippen molar-refractivity contribution < 1.29 is 4.74 Å². The molecule has 1 atom stereocenters. The minimum atomic E-state index is 0.630. The van der Waals surface area contributed by atoms with Gasteiger partial charge >= 0.3 is 0 Å². The third kappa shape index (κ3) is 5.28. The van der Waals surface area contributed by atoms with Crippen LogP contribution in [-0.4, -0.2) is 50.8 Å². The van der Waals surface area contributed by atoms with Gasteiger partial charge in [0.15, 0.2) is 0 Å². The number of rotatable bonds is 10. The van der Waals surface area contributed by atoms with Gasteiger partial charge in [-0.25, -0.2) is 0 Å². The van der Waals surface area contributed by atoms with Crippen LogP contribution in [0.5, 0.6) is 0 Å². The lowest BCUT2D eigenvalue weighted by Crippen LogP contribution is -2.48. The molecule has 0 aromatic heterocycles. The Morgan fingerprint density at radius 2 is 1.62 bits per heavy atom. The molecule has 0 fully saturated rings. The Balaban J connectivity index is 4.46. The largest absolute Gasteiger partial charge is 0.383 e. The van der Waals surface area contributed by atoms with Crippen LogP contribution in [0.15, 0.2) is 0 Å². The van der Waals surface area contributed by atoms with Crippen LogP contribution in [0.4, 0.5) is 0 Å². The maximum Gasteiger partial charge on any atom is 0.0589 e. The summed E-state index contributed by atoms with van der Waals surface area (Å²) in [6.45, 7) is 9.76. The SMILES string of the molecule is CCC(CC)N(CCOC)C(CC)CNC. The van der Waals surface area contributed by atoms with Crippen molar-refractivity contribution in [1.82, 2.24) is 10.2 Å².